The molecule has 2 heterocycles. The van der Waals surface area contributed by atoms with Crippen LogP contribution in [0.3, 0.4) is 0 Å². The van der Waals surface area contributed by atoms with E-state index in [4.69, 9.17) is 9.47 Å². The Morgan fingerprint density at radius 2 is 1.78 bits per heavy atom. The molecule has 0 radical (unpaired) electrons. The number of ether oxygens (including phenoxy) is 2. The number of fused-ring (bicyclic) bond motifs is 1. The summed E-state index contributed by atoms with van der Waals surface area (Å²) in [6.45, 7) is 6.81. The normalized spacial score (nSPS) is 11.3. The van der Waals surface area contributed by atoms with Crippen molar-refractivity contribution in [1.29, 1.82) is 0 Å². The zero-order chi connectivity index (χ0) is 23.5. The number of Topliss-reactive ketones (excluding diaryl/α,β-unsaturated/α-hetero) is 1. The topological polar surface area (TPSA) is 125 Å². The van der Waals surface area contributed by atoms with Gasteiger partial charge >= 0.3 is 12.1 Å². The predicted molar refractivity (Wildman–Crippen MR) is 116 cm³/mol. The number of ketones is 1. The lowest BCUT2D eigenvalue weighted by Gasteiger charge is -2.19. The average molecular weight is 439 g/mol. The summed E-state index contributed by atoms with van der Waals surface area (Å²) in [4.78, 5) is 44.1. The van der Waals surface area contributed by atoms with Crippen molar-refractivity contribution in [3.63, 3.8) is 0 Å². The molecular weight excluding hydrogens is 414 g/mol. The van der Waals surface area contributed by atoms with Crippen LogP contribution in [0, 0.1) is 0 Å². The first-order valence-electron chi connectivity index (χ1n) is 9.94. The smallest absolute Gasteiger partial charge is 0.408 e. The molecule has 0 saturated heterocycles. The number of hydrogen-bond acceptors (Lipinski definition) is 8. The molecule has 0 fully saturated rings. The molecule has 0 aliphatic heterocycles. The monoisotopic (exact) mass is 439 g/mol. The number of nitrogens with zero attached hydrogens (tertiary/aromatic N) is 4. The highest BCUT2D eigenvalue weighted by Crippen LogP contribution is 2.26. The molecule has 1 aromatic carbocycles. The second-order valence-corrected chi connectivity index (χ2v) is 8.11. The minimum atomic E-state index is -0.586. The Morgan fingerprint density at radius 1 is 1.09 bits per heavy atom. The van der Waals surface area contributed by atoms with E-state index in [9.17, 15) is 14.4 Å². The van der Waals surface area contributed by atoms with Crippen molar-refractivity contribution in [3.8, 4) is 11.1 Å². The molecule has 10 heteroatoms. The quantitative estimate of drug-likeness (QED) is 0.459. The molecule has 2 aromatic heterocycles. The Labute approximate surface area is 184 Å². The molecule has 0 saturated carbocycles. The van der Waals surface area contributed by atoms with Crippen LogP contribution in [-0.2, 0) is 27.4 Å². The summed E-state index contributed by atoms with van der Waals surface area (Å²) in [6, 6.07) is 5.42. The Balaban J connectivity index is 1.82. The van der Waals surface area contributed by atoms with E-state index < -0.39 is 17.7 Å². The largest absolute Gasteiger partial charge is 0.468 e. The molecule has 0 aliphatic rings. The van der Waals surface area contributed by atoms with Gasteiger partial charge in [-0.05, 0) is 38.5 Å². The van der Waals surface area contributed by atoms with Crippen LogP contribution in [0.5, 0.6) is 0 Å². The van der Waals surface area contributed by atoms with Gasteiger partial charge in [0.1, 0.15) is 23.7 Å². The van der Waals surface area contributed by atoms with Gasteiger partial charge in [-0.3, -0.25) is 14.3 Å². The molecule has 1 N–H and O–H groups in total. The van der Waals surface area contributed by atoms with Crippen molar-refractivity contribution < 1.29 is 23.9 Å². The number of nitrogens with one attached hydrogen (secondary N) is 1. The number of alkyl carbamates (subject to hydrolysis) is 1. The lowest BCUT2D eigenvalue weighted by atomic mass is 10.0. The van der Waals surface area contributed by atoms with Gasteiger partial charge in [0, 0.05) is 30.3 Å². The number of carbonyl (C=O) groups is 3. The molecule has 3 aromatic rings. The van der Waals surface area contributed by atoms with Crippen molar-refractivity contribution >= 4 is 28.7 Å². The molecule has 3 rings (SSSR count). The summed E-state index contributed by atoms with van der Waals surface area (Å²) < 4.78 is 11.3. The van der Waals surface area contributed by atoms with Crippen LogP contribution in [0.1, 0.15) is 44.0 Å². The summed E-state index contributed by atoms with van der Waals surface area (Å²) in [7, 11) is 1.30. The van der Waals surface area contributed by atoms with E-state index in [2.05, 4.69) is 20.4 Å². The maximum Gasteiger partial charge on any atom is 0.408 e. The summed E-state index contributed by atoms with van der Waals surface area (Å²) in [5, 5.41) is 7.50. The fraction of sp³-hybridized carbons (Fsp3) is 0.364. The second-order valence-electron chi connectivity index (χ2n) is 8.11. The Hall–Kier alpha value is -3.82. The van der Waals surface area contributed by atoms with E-state index in [1.54, 1.807) is 39.2 Å². The number of hydrogen-bond donors (Lipinski definition) is 1. The number of benzene rings is 1. The van der Waals surface area contributed by atoms with Crippen LogP contribution in [-0.4, -0.2) is 50.3 Å². The Morgan fingerprint density at radius 3 is 2.38 bits per heavy atom. The summed E-state index contributed by atoms with van der Waals surface area (Å²) in [5.41, 5.74) is 1.83. The van der Waals surface area contributed by atoms with Crippen molar-refractivity contribution in [2.24, 2.45) is 0 Å². The van der Waals surface area contributed by atoms with Crippen LogP contribution in [0.2, 0.25) is 0 Å². The van der Waals surface area contributed by atoms with E-state index in [0.29, 0.717) is 16.7 Å². The predicted octanol–water partition coefficient (Wildman–Crippen LogP) is 2.89. The molecular formula is C22H25N5O5. The fourth-order valence-corrected chi connectivity index (χ4v) is 2.99. The van der Waals surface area contributed by atoms with Crippen molar-refractivity contribution in [3.05, 3.63) is 42.1 Å². The first-order valence-corrected chi connectivity index (χ1v) is 9.94. The molecule has 0 atom stereocenters. The molecule has 168 valence electrons. The number of methoxy groups -OCH3 is 1. The van der Waals surface area contributed by atoms with Crippen molar-refractivity contribution in [2.75, 3.05) is 7.11 Å². The second kappa shape index (κ2) is 9.13. The van der Waals surface area contributed by atoms with Crippen molar-refractivity contribution in [1.82, 2.24) is 25.1 Å². The van der Waals surface area contributed by atoms with Gasteiger partial charge in [0.05, 0.1) is 19.2 Å². The minimum Gasteiger partial charge on any atom is -0.468 e. The lowest BCUT2D eigenvalue weighted by Crippen LogP contribution is -2.32. The van der Waals surface area contributed by atoms with Crippen LogP contribution < -0.4 is 5.32 Å². The zero-order valence-corrected chi connectivity index (χ0v) is 18.6. The van der Waals surface area contributed by atoms with E-state index >= 15 is 0 Å². The van der Waals surface area contributed by atoms with Crippen LogP contribution >= 0.6 is 0 Å². The SMILES string of the molecule is COC(=O)Cn1nc(C(C)=O)c2cc(-c3cnc(CNC(=O)OC(C)(C)C)nc3)ccc21. The minimum absolute atomic E-state index is 0.0952. The van der Waals surface area contributed by atoms with Gasteiger partial charge < -0.3 is 14.8 Å². The van der Waals surface area contributed by atoms with Crippen molar-refractivity contribution in [2.45, 2.75) is 46.4 Å². The number of rotatable bonds is 6. The molecule has 0 aliphatic carbocycles. The average Bonchev–Trinajstić information content (AvgIpc) is 3.09. The highest BCUT2D eigenvalue weighted by Gasteiger charge is 2.18. The first-order chi connectivity index (χ1) is 15.1. The van der Waals surface area contributed by atoms with E-state index in [1.807, 2.05) is 12.1 Å². The number of carbonyl (C=O) groups excluding carboxylic acids is 3. The Kier molecular flexibility index (Phi) is 6.52. The third-order valence-electron chi connectivity index (χ3n) is 4.42. The number of aromatic nitrogens is 4. The molecule has 0 bridgehead atoms. The summed E-state index contributed by atoms with van der Waals surface area (Å²) >= 11 is 0. The van der Waals surface area contributed by atoms with Crippen LogP contribution in [0.4, 0.5) is 4.79 Å². The maximum absolute atomic E-state index is 12.1. The first kappa shape index (κ1) is 22.9. The van der Waals surface area contributed by atoms with Crippen LogP contribution in [0.25, 0.3) is 22.0 Å². The standard InChI is InChI=1S/C22H25N5O5/c1-13(28)20-16-8-14(6-7-17(16)27(26-20)12-19(29)31-5)15-9-23-18(24-10-15)11-25-21(30)32-22(2,3)4/h6-10H,11-12H2,1-5H3,(H,25,30). The molecule has 0 spiro atoms. The maximum atomic E-state index is 12.1. The van der Waals surface area contributed by atoms with Gasteiger partial charge in [0.25, 0.3) is 0 Å². The molecule has 0 unspecified atom stereocenters. The third kappa shape index (κ3) is 5.45. The highest BCUT2D eigenvalue weighted by molar-refractivity contribution is 6.06. The summed E-state index contributed by atoms with van der Waals surface area (Å²) in [6.07, 6.45) is 2.72. The van der Waals surface area contributed by atoms with Gasteiger partial charge in [-0.1, -0.05) is 6.07 Å². The number of amides is 1. The van der Waals surface area contributed by atoms with E-state index in [-0.39, 0.29) is 24.6 Å². The Bertz CT molecular complexity index is 1160. The zero-order valence-electron chi connectivity index (χ0n) is 18.6. The van der Waals surface area contributed by atoms with E-state index in [0.717, 1.165) is 11.1 Å². The number of esters is 1. The van der Waals surface area contributed by atoms with E-state index in [1.165, 1.54) is 18.7 Å². The molecule has 32 heavy (non-hydrogen) atoms. The lowest BCUT2D eigenvalue weighted by molar-refractivity contribution is -0.141. The van der Waals surface area contributed by atoms with Gasteiger partial charge in [-0.25, -0.2) is 14.8 Å². The van der Waals surface area contributed by atoms with Gasteiger partial charge in [-0.2, -0.15) is 5.10 Å². The third-order valence-corrected chi connectivity index (χ3v) is 4.42. The van der Waals surface area contributed by atoms with Gasteiger partial charge in [0.2, 0.25) is 0 Å². The summed E-state index contributed by atoms with van der Waals surface area (Å²) in [5.74, 6) is -0.246. The van der Waals surface area contributed by atoms with Gasteiger partial charge in [-0.15, -0.1) is 0 Å². The highest BCUT2D eigenvalue weighted by atomic mass is 16.6. The van der Waals surface area contributed by atoms with Crippen LogP contribution in [0.15, 0.2) is 30.6 Å². The fourth-order valence-electron chi connectivity index (χ4n) is 2.99. The van der Waals surface area contributed by atoms with Gasteiger partial charge in [0.15, 0.2) is 5.78 Å². The molecule has 10 nitrogen and oxygen atoms in total. The molecule has 1 amide bonds.